The Labute approximate surface area is 195 Å². The van der Waals surface area contributed by atoms with Gasteiger partial charge in [-0.25, -0.2) is 9.97 Å². The highest BCUT2D eigenvalue weighted by Gasteiger charge is 2.24. The van der Waals surface area contributed by atoms with E-state index in [1.807, 2.05) is 6.07 Å². The summed E-state index contributed by atoms with van der Waals surface area (Å²) in [5, 5.41) is 3.72. The molecule has 1 aromatic carbocycles. The zero-order chi connectivity index (χ0) is 22.5. The lowest BCUT2D eigenvalue weighted by molar-refractivity contribution is 0.0746. The van der Waals surface area contributed by atoms with Gasteiger partial charge in [0.1, 0.15) is 5.82 Å². The van der Waals surface area contributed by atoms with Crippen LogP contribution in [0.4, 0.5) is 5.82 Å². The number of imidazole rings is 1. The van der Waals surface area contributed by atoms with Gasteiger partial charge in [-0.1, -0.05) is 23.2 Å². The van der Waals surface area contributed by atoms with Crippen LogP contribution in [0.3, 0.4) is 0 Å². The fraction of sp³-hybridized carbons (Fsp3) is 0.273. The van der Waals surface area contributed by atoms with Gasteiger partial charge in [0.25, 0.3) is 11.8 Å². The zero-order valence-corrected chi connectivity index (χ0v) is 18.7. The summed E-state index contributed by atoms with van der Waals surface area (Å²) in [5.41, 5.74) is 1.92. The summed E-state index contributed by atoms with van der Waals surface area (Å²) in [5.74, 6) is 0.496. The lowest BCUT2D eigenvalue weighted by Gasteiger charge is -2.35. The van der Waals surface area contributed by atoms with E-state index < -0.39 is 0 Å². The third-order valence-corrected chi connectivity index (χ3v) is 5.85. The monoisotopic (exact) mass is 472 g/mol. The lowest BCUT2D eigenvalue weighted by atomic mass is 10.1. The fourth-order valence-corrected chi connectivity index (χ4v) is 4.00. The Balaban J connectivity index is 1.29. The molecule has 2 amide bonds. The second kappa shape index (κ2) is 10.0. The minimum absolute atomic E-state index is 0.110. The summed E-state index contributed by atoms with van der Waals surface area (Å²) in [6.07, 6.45) is 5.61. The van der Waals surface area contributed by atoms with Crippen molar-refractivity contribution in [1.82, 2.24) is 25.2 Å². The van der Waals surface area contributed by atoms with Crippen LogP contribution < -0.4 is 10.2 Å². The van der Waals surface area contributed by atoms with E-state index in [0.717, 1.165) is 11.5 Å². The molecule has 166 valence electrons. The Morgan fingerprint density at radius 1 is 1.06 bits per heavy atom. The molecule has 3 aromatic rings. The van der Waals surface area contributed by atoms with Crippen molar-refractivity contribution in [3.8, 4) is 0 Å². The van der Waals surface area contributed by atoms with Gasteiger partial charge in [-0.3, -0.25) is 9.59 Å². The average Bonchev–Trinajstić information content (AvgIpc) is 3.32. The van der Waals surface area contributed by atoms with E-state index in [4.69, 9.17) is 23.2 Å². The van der Waals surface area contributed by atoms with E-state index >= 15 is 0 Å². The molecule has 3 heterocycles. The normalized spacial score (nSPS) is 13.8. The number of hydrogen-bond donors (Lipinski definition) is 2. The highest BCUT2D eigenvalue weighted by atomic mass is 35.5. The Morgan fingerprint density at radius 3 is 2.53 bits per heavy atom. The summed E-state index contributed by atoms with van der Waals surface area (Å²) in [7, 11) is 0. The maximum atomic E-state index is 12.8. The van der Waals surface area contributed by atoms with Crippen LogP contribution >= 0.6 is 23.2 Å². The van der Waals surface area contributed by atoms with Crippen molar-refractivity contribution >= 4 is 40.8 Å². The van der Waals surface area contributed by atoms with Crippen LogP contribution in [0.15, 0.2) is 49.1 Å². The second-order valence-corrected chi connectivity index (χ2v) is 8.23. The lowest BCUT2D eigenvalue weighted by Crippen LogP contribution is -2.49. The van der Waals surface area contributed by atoms with Crippen molar-refractivity contribution in [2.75, 3.05) is 37.6 Å². The fourth-order valence-electron chi connectivity index (χ4n) is 3.51. The topological polar surface area (TPSA) is 94.2 Å². The third-order valence-electron chi connectivity index (χ3n) is 5.30. The van der Waals surface area contributed by atoms with Gasteiger partial charge < -0.3 is 20.1 Å². The molecule has 0 unspecified atom stereocenters. The average molecular weight is 473 g/mol. The molecule has 0 aliphatic carbocycles. The molecule has 0 radical (unpaired) electrons. The molecule has 32 heavy (non-hydrogen) atoms. The number of halogens is 2. The first kappa shape index (κ1) is 22.1. The number of carbonyl (C=O) groups is 2. The quantitative estimate of drug-likeness (QED) is 0.574. The molecule has 0 spiro atoms. The molecule has 1 fully saturated rings. The van der Waals surface area contributed by atoms with Gasteiger partial charge in [-0.2, -0.15) is 0 Å². The molecular formula is C22H22Cl2N6O2. The Kier molecular flexibility index (Phi) is 6.92. The molecule has 1 aliphatic rings. The number of nitrogens with one attached hydrogen (secondary N) is 2. The number of amides is 2. The van der Waals surface area contributed by atoms with Crippen LogP contribution in [0, 0.1) is 0 Å². The molecule has 0 atom stereocenters. The van der Waals surface area contributed by atoms with Crippen molar-refractivity contribution in [3.63, 3.8) is 0 Å². The standard InChI is InChI=1S/C22H22Cl2N6O2/c23-16-2-3-18(19(24)11-16)22(32)30-9-7-29(8-10-30)20-4-1-15(12-27-20)21(31)26-6-5-17-13-25-14-28-17/h1-4,11-14H,5-10H2,(H,25,28)(H,26,31). The summed E-state index contributed by atoms with van der Waals surface area (Å²) < 4.78 is 0. The molecule has 1 saturated heterocycles. The van der Waals surface area contributed by atoms with Crippen molar-refractivity contribution in [2.45, 2.75) is 6.42 Å². The number of aromatic amines is 1. The van der Waals surface area contributed by atoms with E-state index in [9.17, 15) is 9.59 Å². The van der Waals surface area contributed by atoms with Gasteiger partial charge in [0.2, 0.25) is 0 Å². The number of benzene rings is 1. The van der Waals surface area contributed by atoms with Gasteiger partial charge in [0, 0.05) is 62.3 Å². The Morgan fingerprint density at radius 2 is 1.88 bits per heavy atom. The number of hydrogen-bond acceptors (Lipinski definition) is 5. The van der Waals surface area contributed by atoms with Crippen molar-refractivity contribution in [1.29, 1.82) is 0 Å². The SMILES string of the molecule is O=C(NCCc1cnc[nH]1)c1ccc(N2CCN(C(=O)c3ccc(Cl)cc3Cl)CC2)nc1. The van der Waals surface area contributed by atoms with Gasteiger partial charge in [0.15, 0.2) is 0 Å². The number of H-pyrrole nitrogens is 1. The second-order valence-electron chi connectivity index (χ2n) is 7.39. The van der Waals surface area contributed by atoms with Gasteiger partial charge >= 0.3 is 0 Å². The number of piperazine rings is 1. The number of anilines is 1. The van der Waals surface area contributed by atoms with Gasteiger partial charge in [0.05, 0.1) is 22.5 Å². The minimum Gasteiger partial charge on any atom is -0.353 e. The van der Waals surface area contributed by atoms with E-state index in [1.54, 1.807) is 47.9 Å². The number of pyridine rings is 1. The maximum absolute atomic E-state index is 12.8. The van der Waals surface area contributed by atoms with Crippen LogP contribution in [0.2, 0.25) is 10.0 Å². The molecule has 0 bridgehead atoms. The van der Waals surface area contributed by atoms with Crippen LogP contribution in [0.5, 0.6) is 0 Å². The minimum atomic E-state index is -0.168. The molecule has 2 aromatic heterocycles. The van der Waals surface area contributed by atoms with E-state index in [2.05, 4.69) is 25.2 Å². The summed E-state index contributed by atoms with van der Waals surface area (Å²) in [4.78, 5) is 40.3. The van der Waals surface area contributed by atoms with Crippen molar-refractivity contribution in [3.05, 3.63) is 75.9 Å². The highest BCUT2D eigenvalue weighted by Crippen LogP contribution is 2.23. The maximum Gasteiger partial charge on any atom is 0.255 e. The molecule has 0 saturated carbocycles. The van der Waals surface area contributed by atoms with Crippen molar-refractivity contribution in [2.24, 2.45) is 0 Å². The number of aromatic nitrogens is 3. The molecule has 2 N–H and O–H groups in total. The Hall–Kier alpha value is -3.10. The predicted molar refractivity (Wildman–Crippen MR) is 123 cm³/mol. The summed E-state index contributed by atoms with van der Waals surface area (Å²) >= 11 is 12.1. The smallest absolute Gasteiger partial charge is 0.255 e. The largest absolute Gasteiger partial charge is 0.353 e. The first-order chi connectivity index (χ1) is 15.5. The number of rotatable bonds is 6. The number of carbonyl (C=O) groups excluding carboxylic acids is 2. The van der Waals surface area contributed by atoms with E-state index in [-0.39, 0.29) is 11.8 Å². The first-order valence-corrected chi connectivity index (χ1v) is 11.0. The molecule has 1 aliphatic heterocycles. The van der Waals surface area contributed by atoms with E-state index in [0.29, 0.717) is 60.3 Å². The molecule has 4 rings (SSSR count). The highest BCUT2D eigenvalue weighted by molar-refractivity contribution is 6.36. The van der Waals surface area contributed by atoms with Crippen LogP contribution in [0.25, 0.3) is 0 Å². The molecule has 10 heteroatoms. The van der Waals surface area contributed by atoms with E-state index in [1.165, 1.54) is 0 Å². The predicted octanol–water partition coefficient (Wildman–Crippen LogP) is 3.05. The Bertz CT molecular complexity index is 1080. The first-order valence-electron chi connectivity index (χ1n) is 10.2. The number of nitrogens with zero attached hydrogens (tertiary/aromatic N) is 4. The van der Waals surface area contributed by atoms with Crippen LogP contribution in [-0.2, 0) is 6.42 Å². The summed E-state index contributed by atoms with van der Waals surface area (Å²) in [6, 6.07) is 8.48. The van der Waals surface area contributed by atoms with Gasteiger partial charge in [-0.15, -0.1) is 0 Å². The summed E-state index contributed by atoms with van der Waals surface area (Å²) in [6.45, 7) is 2.89. The molecular weight excluding hydrogens is 451 g/mol. The van der Waals surface area contributed by atoms with Gasteiger partial charge in [-0.05, 0) is 30.3 Å². The zero-order valence-electron chi connectivity index (χ0n) is 17.2. The van der Waals surface area contributed by atoms with Crippen LogP contribution in [-0.4, -0.2) is 64.4 Å². The van der Waals surface area contributed by atoms with Crippen molar-refractivity contribution < 1.29 is 9.59 Å². The third kappa shape index (κ3) is 5.20. The molecule has 8 nitrogen and oxygen atoms in total. The van der Waals surface area contributed by atoms with Crippen LogP contribution in [0.1, 0.15) is 26.4 Å².